The van der Waals surface area contributed by atoms with Crippen molar-refractivity contribution in [2.45, 2.75) is 50.3 Å². The van der Waals surface area contributed by atoms with Crippen molar-refractivity contribution >= 4 is 17.6 Å². The highest BCUT2D eigenvalue weighted by Crippen LogP contribution is 2.29. The minimum absolute atomic E-state index is 0.185. The lowest BCUT2D eigenvalue weighted by Gasteiger charge is -2.11. The lowest BCUT2D eigenvalue weighted by Crippen LogP contribution is -2.16. The van der Waals surface area contributed by atoms with Gasteiger partial charge in [-0.1, -0.05) is 13.8 Å². The first-order chi connectivity index (χ1) is 9.43. The number of nitrogens with zero attached hydrogens (tertiary/aromatic N) is 4. The van der Waals surface area contributed by atoms with Crippen molar-refractivity contribution in [3.63, 3.8) is 0 Å². The second kappa shape index (κ2) is 5.66. The van der Waals surface area contributed by atoms with E-state index in [0.29, 0.717) is 23.3 Å². The fourth-order valence-corrected chi connectivity index (χ4v) is 2.62. The lowest BCUT2D eigenvalue weighted by atomic mass is 10.2. The van der Waals surface area contributed by atoms with E-state index in [-0.39, 0.29) is 11.6 Å². The number of nitrogen functional groups attached to an aromatic ring is 1. The summed E-state index contributed by atoms with van der Waals surface area (Å²) in [5.74, 6) is 1.34. The Kier molecular flexibility index (Phi) is 4.12. The van der Waals surface area contributed by atoms with E-state index in [1.807, 2.05) is 27.7 Å². The molecule has 7 nitrogen and oxygen atoms in total. The predicted octanol–water partition coefficient (Wildman–Crippen LogP) is 1.55. The van der Waals surface area contributed by atoms with Crippen molar-refractivity contribution in [1.82, 2.24) is 24.7 Å². The van der Waals surface area contributed by atoms with Crippen LogP contribution in [-0.4, -0.2) is 24.7 Å². The number of nitrogens with two attached hydrogens (primary N) is 1. The van der Waals surface area contributed by atoms with Crippen LogP contribution in [-0.2, 0) is 6.54 Å². The highest BCUT2D eigenvalue weighted by atomic mass is 32.2. The van der Waals surface area contributed by atoms with Gasteiger partial charge >= 0.3 is 5.69 Å². The third-order valence-electron chi connectivity index (χ3n) is 2.90. The summed E-state index contributed by atoms with van der Waals surface area (Å²) in [7, 11) is 0. The van der Waals surface area contributed by atoms with Gasteiger partial charge < -0.3 is 5.73 Å². The molecule has 0 amide bonds. The van der Waals surface area contributed by atoms with E-state index in [9.17, 15) is 4.79 Å². The van der Waals surface area contributed by atoms with Crippen molar-refractivity contribution in [1.29, 1.82) is 0 Å². The van der Waals surface area contributed by atoms with Gasteiger partial charge in [0.15, 0.2) is 5.16 Å². The van der Waals surface area contributed by atoms with Crippen LogP contribution < -0.4 is 11.4 Å². The van der Waals surface area contributed by atoms with Gasteiger partial charge in [0.25, 0.3) is 0 Å². The van der Waals surface area contributed by atoms with Crippen molar-refractivity contribution in [2.75, 3.05) is 5.73 Å². The number of rotatable bonds is 4. The molecule has 0 saturated heterocycles. The molecule has 20 heavy (non-hydrogen) atoms. The Bertz CT molecular complexity index is 675. The van der Waals surface area contributed by atoms with Crippen LogP contribution >= 0.6 is 11.8 Å². The molecule has 108 valence electrons. The van der Waals surface area contributed by atoms with Crippen LogP contribution in [0.2, 0.25) is 0 Å². The Balaban J connectivity index is 2.45. The Morgan fingerprint density at radius 2 is 2.10 bits per heavy atom. The summed E-state index contributed by atoms with van der Waals surface area (Å²) >= 11 is 1.32. The van der Waals surface area contributed by atoms with Crippen LogP contribution in [0.1, 0.15) is 38.1 Å². The van der Waals surface area contributed by atoms with Gasteiger partial charge in [0.2, 0.25) is 0 Å². The number of nitrogens with one attached hydrogen (secondary N) is 1. The minimum Gasteiger partial charge on any atom is -0.383 e. The Hall–Kier alpha value is -1.83. The van der Waals surface area contributed by atoms with E-state index < -0.39 is 0 Å². The average Bonchev–Trinajstić information content (AvgIpc) is 2.74. The van der Waals surface area contributed by atoms with Crippen LogP contribution in [0.15, 0.2) is 15.0 Å². The van der Waals surface area contributed by atoms with E-state index in [0.717, 1.165) is 10.6 Å². The van der Waals surface area contributed by atoms with E-state index in [4.69, 9.17) is 5.73 Å². The molecule has 2 rings (SSSR count). The molecule has 0 spiro atoms. The van der Waals surface area contributed by atoms with Crippen LogP contribution in [0.3, 0.4) is 0 Å². The average molecular weight is 294 g/mol. The normalized spacial score (nSPS) is 11.2. The largest absolute Gasteiger partial charge is 0.383 e. The maximum absolute atomic E-state index is 11.6. The first-order valence-electron chi connectivity index (χ1n) is 6.41. The molecule has 0 aliphatic heterocycles. The molecule has 2 aromatic heterocycles. The van der Waals surface area contributed by atoms with Gasteiger partial charge in [-0.3, -0.25) is 4.57 Å². The zero-order valence-corrected chi connectivity index (χ0v) is 12.8. The zero-order valence-electron chi connectivity index (χ0n) is 12.0. The van der Waals surface area contributed by atoms with Crippen LogP contribution in [0.4, 0.5) is 5.82 Å². The van der Waals surface area contributed by atoms with Gasteiger partial charge in [0, 0.05) is 18.0 Å². The van der Waals surface area contributed by atoms with Crippen molar-refractivity contribution in [3.05, 3.63) is 21.9 Å². The highest BCUT2D eigenvalue weighted by Gasteiger charge is 2.15. The van der Waals surface area contributed by atoms with Gasteiger partial charge in [-0.25, -0.2) is 19.9 Å². The molecular weight excluding hydrogens is 276 g/mol. The summed E-state index contributed by atoms with van der Waals surface area (Å²) in [5, 5.41) is 7.76. The third-order valence-corrected chi connectivity index (χ3v) is 3.99. The van der Waals surface area contributed by atoms with Crippen LogP contribution in [0.25, 0.3) is 0 Å². The SMILES string of the molecule is CCn1c(Sc2nc(C(C)C)nc(N)c2C)n[nH]c1=O. The molecule has 0 radical (unpaired) electrons. The summed E-state index contributed by atoms with van der Waals surface area (Å²) < 4.78 is 1.55. The fraction of sp³-hybridized carbons (Fsp3) is 0.500. The molecule has 0 fully saturated rings. The van der Waals surface area contributed by atoms with Gasteiger partial charge in [0.1, 0.15) is 16.7 Å². The minimum atomic E-state index is -0.223. The molecule has 2 heterocycles. The van der Waals surface area contributed by atoms with Gasteiger partial charge in [-0.15, -0.1) is 5.10 Å². The van der Waals surface area contributed by atoms with E-state index in [1.54, 1.807) is 4.57 Å². The second-order valence-electron chi connectivity index (χ2n) is 4.71. The summed E-state index contributed by atoms with van der Waals surface area (Å²) in [4.78, 5) is 20.4. The monoisotopic (exact) mass is 294 g/mol. The summed E-state index contributed by atoms with van der Waals surface area (Å²) in [6.07, 6.45) is 0. The van der Waals surface area contributed by atoms with Crippen molar-refractivity contribution in [3.8, 4) is 0 Å². The molecule has 0 aliphatic rings. The van der Waals surface area contributed by atoms with Gasteiger partial charge in [-0.05, 0) is 25.6 Å². The predicted molar refractivity (Wildman–Crippen MR) is 77.9 cm³/mol. The first-order valence-corrected chi connectivity index (χ1v) is 7.22. The van der Waals surface area contributed by atoms with Crippen molar-refractivity contribution < 1.29 is 0 Å². The summed E-state index contributed by atoms with van der Waals surface area (Å²) in [6.45, 7) is 8.32. The Morgan fingerprint density at radius 3 is 2.70 bits per heavy atom. The number of aromatic amines is 1. The quantitative estimate of drug-likeness (QED) is 0.829. The Morgan fingerprint density at radius 1 is 1.40 bits per heavy atom. The highest BCUT2D eigenvalue weighted by molar-refractivity contribution is 7.99. The standard InChI is InChI=1S/C12H18N6OS/c1-5-18-11(19)16-17-12(18)20-10-7(4)8(13)14-9(15-10)6(2)3/h6H,5H2,1-4H3,(H,16,19)(H2,13,14,15). The molecule has 0 bridgehead atoms. The van der Waals surface area contributed by atoms with Crippen LogP contribution in [0.5, 0.6) is 0 Å². The maximum atomic E-state index is 11.6. The molecule has 0 unspecified atom stereocenters. The summed E-state index contributed by atoms with van der Waals surface area (Å²) in [5.41, 5.74) is 6.51. The smallest absolute Gasteiger partial charge is 0.343 e. The zero-order chi connectivity index (χ0) is 14.9. The molecule has 3 N–H and O–H groups in total. The van der Waals surface area contributed by atoms with Crippen molar-refractivity contribution in [2.24, 2.45) is 0 Å². The van der Waals surface area contributed by atoms with Gasteiger partial charge in [0.05, 0.1) is 0 Å². The van der Waals surface area contributed by atoms with Gasteiger partial charge in [-0.2, -0.15) is 0 Å². The second-order valence-corrected chi connectivity index (χ2v) is 5.67. The number of hydrogen-bond donors (Lipinski definition) is 2. The van der Waals surface area contributed by atoms with Crippen LogP contribution in [0, 0.1) is 6.92 Å². The third kappa shape index (κ3) is 2.69. The Labute approximate surface area is 121 Å². The molecular formula is C12H18N6OS. The number of anilines is 1. The molecule has 2 aromatic rings. The molecule has 0 aliphatic carbocycles. The topological polar surface area (TPSA) is 102 Å². The molecule has 0 atom stereocenters. The molecule has 0 saturated carbocycles. The number of aromatic nitrogens is 5. The van der Waals surface area contributed by atoms with E-state index in [1.165, 1.54) is 11.8 Å². The summed E-state index contributed by atoms with van der Waals surface area (Å²) in [6, 6.07) is 0. The van der Waals surface area contributed by atoms with E-state index in [2.05, 4.69) is 20.2 Å². The molecule has 0 aromatic carbocycles. The molecule has 8 heteroatoms. The number of H-pyrrole nitrogens is 1. The number of hydrogen-bond acceptors (Lipinski definition) is 6. The maximum Gasteiger partial charge on any atom is 0.343 e. The first kappa shape index (κ1) is 14.6. The van der Waals surface area contributed by atoms with E-state index >= 15 is 0 Å². The fourth-order valence-electron chi connectivity index (χ4n) is 1.63. The lowest BCUT2D eigenvalue weighted by molar-refractivity contribution is 0.659.